The van der Waals surface area contributed by atoms with Gasteiger partial charge in [-0.15, -0.1) is 8.58 Å². The van der Waals surface area contributed by atoms with Gasteiger partial charge in [-0.05, 0) is 29.7 Å². The summed E-state index contributed by atoms with van der Waals surface area (Å²) in [4.78, 5) is 4.54. The Balaban J connectivity index is 1.85. The normalized spacial score (nSPS) is 11.4. The monoisotopic (exact) mass is 305 g/mol. The third kappa shape index (κ3) is 3.61. The first-order valence-electron chi connectivity index (χ1n) is 7.58. The summed E-state index contributed by atoms with van der Waals surface area (Å²) in [6, 6.07) is 25.8. The molecule has 1 atom stereocenters. The molecule has 2 heteroatoms. The molecule has 0 amide bonds. The number of benzene rings is 2. The minimum Gasteiger partial charge on any atom is -0.261 e. The second kappa shape index (κ2) is 7.33. The van der Waals surface area contributed by atoms with Gasteiger partial charge in [0.05, 0.1) is 0 Å². The van der Waals surface area contributed by atoms with Crippen LogP contribution in [0.4, 0.5) is 0 Å². The van der Waals surface area contributed by atoms with Gasteiger partial charge in [-0.3, -0.25) is 4.98 Å². The zero-order valence-corrected chi connectivity index (χ0v) is 13.7. The van der Waals surface area contributed by atoms with Gasteiger partial charge >= 0.3 is 0 Å². The SMILES string of the molecule is Cc1cccnc1CPC(c1ccccc1)c1ccccc1. The molecule has 2 aromatic carbocycles. The van der Waals surface area contributed by atoms with Gasteiger partial charge in [-0.2, -0.15) is 0 Å². The Morgan fingerprint density at radius 3 is 1.95 bits per heavy atom. The molecule has 1 unspecified atom stereocenters. The molecule has 1 aromatic heterocycles. The fraction of sp³-hybridized carbons (Fsp3) is 0.150. The Kier molecular flexibility index (Phi) is 4.98. The van der Waals surface area contributed by atoms with Crippen LogP contribution in [-0.4, -0.2) is 4.98 Å². The maximum Gasteiger partial charge on any atom is 0.0473 e. The molecule has 0 saturated heterocycles. The van der Waals surface area contributed by atoms with Crippen LogP contribution in [0.1, 0.15) is 28.0 Å². The summed E-state index contributed by atoms with van der Waals surface area (Å²) in [5.74, 6) is 0. The van der Waals surface area contributed by atoms with E-state index in [1.165, 1.54) is 22.4 Å². The summed E-state index contributed by atoms with van der Waals surface area (Å²) in [6.45, 7) is 2.15. The van der Waals surface area contributed by atoms with Gasteiger partial charge < -0.3 is 0 Å². The molecule has 1 nitrogen and oxygen atoms in total. The molecule has 0 spiro atoms. The molecule has 3 rings (SSSR count). The number of aromatic nitrogens is 1. The van der Waals surface area contributed by atoms with Gasteiger partial charge in [0, 0.05) is 23.7 Å². The van der Waals surface area contributed by atoms with Crippen molar-refractivity contribution in [3.8, 4) is 0 Å². The molecular formula is C20H20NP. The van der Waals surface area contributed by atoms with Crippen LogP contribution in [0.3, 0.4) is 0 Å². The van der Waals surface area contributed by atoms with E-state index < -0.39 is 0 Å². The van der Waals surface area contributed by atoms with Crippen molar-refractivity contribution in [2.45, 2.75) is 18.7 Å². The second-order valence-electron chi connectivity index (χ2n) is 5.40. The zero-order chi connectivity index (χ0) is 15.2. The van der Waals surface area contributed by atoms with Crippen LogP contribution in [0.25, 0.3) is 0 Å². The summed E-state index contributed by atoms with van der Waals surface area (Å²) < 4.78 is 0. The Hall–Kier alpha value is -1.98. The van der Waals surface area contributed by atoms with E-state index in [-0.39, 0.29) is 0 Å². The highest BCUT2D eigenvalue weighted by Gasteiger charge is 2.14. The fourth-order valence-electron chi connectivity index (χ4n) is 2.62. The lowest BCUT2D eigenvalue weighted by atomic mass is 10.0. The first kappa shape index (κ1) is 14.9. The Labute approximate surface area is 134 Å². The summed E-state index contributed by atoms with van der Waals surface area (Å²) in [6.07, 6.45) is 2.92. The quantitative estimate of drug-likeness (QED) is 0.578. The van der Waals surface area contributed by atoms with Crippen LogP contribution in [0.5, 0.6) is 0 Å². The van der Waals surface area contributed by atoms with E-state index in [0.29, 0.717) is 5.66 Å². The third-order valence-corrected chi connectivity index (χ3v) is 5.47. The summed E-state index contributed by atoms with van der Waals surface area (Å²) in [5, 5.41) is 0. The lowest BCUT2D eigenvalue weighted by molar-refractivity contribution is 1.09. The molecule has 0 fully saturated rings. The van der Waals surface area contributed by atoms with Gasteiger partial charge in [0.1, 0.15) is 0 Å². The molecule has 22 heavy (non-hydrogen) atoms. The minimum absolute atomic E-state index is 0.448. The lowest BCUT2D eigenvalue weighted by Gasteiger charge is -2.18. The molecule has 0 N–H and O–H groups in total. The highest BCUT2D eigenvalue weighted by molar-refractivity contribution is 7.37. The number of hydrogen-bond acceptors (Lipinski definition) is 1. The molecule has 0 radical (unpaired) electrons. The van der Waals surface area contributed by atoms with Crippen LogP contribution < -0.4 is 0 Å². The van der Waals surface area contributed by atoms with Gasteiger partial charge in [0.25, 0.3) is 0 Å². The van der Waals surface area contributed by atoms with Crippen molar-refractivity contribution in [3.05, 3.63) is 101 Å². The number of hydrogen-bond donors (Lipinski definition) is 0. The van der Waals surface area contributed by atoms with E-state index in [2.05, 4.69) is 78.6 Å². The van der Waals surface area contributed by atoms with Crippen LogP contribution in [0, 0.1) is 6.92 Å². The number of pyridine rings is 1. The Morgan fingerprint density at radius 2 is 1.41 bits per heavy atom. The number of nitrogens with zero attached hydrogens (tertiary/aromatic N) is 1. The molecule has 110 valence electrons. The number of aryl methyl sites for hydroxylation is 1. The largest absolute Gasteiger partial charge is 0.261 e. The predicted molar refractivity (Wildman–Crippen MR) is 95.7 cm³/mol. The fourth-order valence-corrected chi connectivity index (χ4v) is 4.25. The first-order valence-corrected chi connectivity index (χ1v) is 8.87. The highest BCUT2D eigenvalue weighted by Crippen LogP contribution is 2.42. The predicted octanol–water partition coefficient (Wildman–Crippen LogP) is 5.36. The molecule has 0 aliphatic heterocycles. The van der Waals surface area contributed by atoms with Gasteiger partial charge in [-0.25, -0.2) is 0 Å². The van der Waals surface area contributed by atoms with E-state index in [0.717, 1.165) is 14.7 Å². The van der Waals surface area contributed by atoms with E-state index in [1.807, 2.05) is 12.3 Å². The van der Waals surface area contributed by atoms with Crippen molar-refractivity contribution >= 4 is 8.58 Å². The van der Waals surface area contributed by atoms with E-state index >= 15 is 0 Å². The highest BCUT2D eigenvalue weighted by atomic mass is 31.1. The minimum atomic E-state index is 0.448. The van der Waals surface area contributed by atoms with Crippen molar-refractivity contribution < 1.29 is 0 Å². The second-order valence-corrected chi connectivity index (χ2v) is 6.74. The summed E-state index contributed by atoms with van der Waals surface area (Å²) in [5.41, 5.74) is 5.73. The summed E-state index contributed by atoms with van der Waals surface area (Å²) in [7, 11) is 0.790. The molecule has 0 saturated carbocycles. The van der Waals surface area contributed by atoms with Crippen molar-refractivity contribution in [3.63, 3.8) is 0 Å². The summed E-state index contributed by atoms with van der Waals surface area (Å²) >= 11 is 0. The molecular weight excluding hydrogens is 285 g/mol. The van der Waals surface area contributed by atoms with Crippen LogP contribution >= 0.6 is 8.58 Å². The van der Waals surface area contributed by atoms with E-state index in [9.17, 15) is 0 Å². The molecule has 3 aromatic rings. The standard InChI is InChI=1S/C20H20NP/c1-16-9-8-14-21-19(16)15-22-20(17-10-4-2-5-11-17)18-12-6-3-7-13-18/h2-14,20,22H,15H2,1H3. The van der Waals surface area contributed by atoms with Crippen molar-refractivity contribution in [2.75, 3.05) is 0 Å². The molecule has 0 aliphatic carbocycles. The Bertz CT molecular complexity index is 671. The smallest absolute Gasteiger partial charge is 0.0473 e. The van der Waals surface area contributed by atoms with Crippen molar-refractivity contribution in [1.82, 2.24) is 4.98 Å². The van der Waals surface area contributed by atoms with Crippen LogP contribution in [-0.2, 0) is 6.16 Å². The van der Waals surface area contributed by atoms with E-state index in [1.54, 1.807) is 0 Å². The van der Waals surface area contributed by atoms with Crippen molar-refractivity contribution in [2.24, 2.45) is 0 Å². The average Bonchev–Trinajstić information content (AvgIpc) is 2.59. The molecule has 0 aliphatic rings. The van der Waals surface area contributed by atoms with Gasteiger partial charge in [0.2, 0.25) is 0 Å². The van der Waals surface area contributed by atoms with Gasteiger partial charge in [0.15, 0.2) is 0 Å². The maximum absolute atomic E-state index is 4.54. The first-order chi connectivity index (χ1) is 10.8. The molecule has 0 bridgehead atoms. The van der Waals surface area contributed by atoms with E-state index in [4.69, 9.17) is 0 Å². The Morgan fingerprint density at radius 1 is 0.818 bits per heavy atom. The molecule has 1 heterocycles. The van der Waals surface area contributed by atoms with Crippen molar-refractivity contribution in [1.29, 1.82) is 0 Å². The third-order valence-electron chi connectivity index (χ3n) is 3.86. The number of rotatable bonds is 5. The average molecular weight is 305 g/mol. The zero-order valence-electron chi connectivity index (χ0n) is 12.7. The van der Waals surface area contributed by atoms with Gasteiger partial charge in [-0.1, -0.05) is 66.7 Å². The van der Waals surface area contributed by atoms with Crippen LogP contribution in [0.2, 0.25) is 0 Å². The lowest BCUT2D eigenvalue weighted by Crippen LogP contribution is -1.97. The topological polar surface area (TPSA) is 12.9 Å². The maximum atomic E-state index is 4.54. The van der Waals surface area contributed by atoms with Crippen LogP contribution in [0.15, 0.2) is 79.0 Å².